The molecule has 0 bridgehead atoms. The number of hydrogen-bond acceptors (Lipinski definition) is 6. The molecule has 0 spiro atoms. The Hall–Kier alpha value is -3.74. The van der Waals surface area contributed by atoms with Gasteiger partial charge in [-0.05, 0) is 30.4 Å². The number of benzene rings is 1. The van der Waals surface area contributed by atoms with E-state index >= 15 is 0 Å². The van der Waals surface area contributed by atoms with Crippen LogP contribution in [0.15, 0.2) is 49.8 Å². The summed E-state index contributed by atoms with van der Waals surface area (Å²) in [7, 11) is 0. The van der Waals surface area contributed by atoms with Gasteiger partial charge in [-0.25, -0.2) is 9.79 Å². The molecule has 2 aromatic heterocycles. The van der Waals surface area contributed by atoms with Crippen LogP contribution in [0.1, 0.15) is 11.1 Å². The van der Waals surface area contributed by atoms with Crippen molar-refractivity contribution in [1.82, 2.24) is 19.5 Å². The van der Waals surface area contributed by atoms with Crippen LogP contribution >= 0.6 is 12.2 Å². The van der Waals surface area contributed by atoms with Gasteiger partial charge in [0.25, 0.3) is 11.1 Å². The van der Waals surface area contributed by atoms with Crippen molar-refractivity contribution in [2.45, 2.75) is 6.18 Å². The van der Waals surface area contributed by atoms with Gasteiger partial charge in [-0.15, -0.1) is 0 Å². The number of halogens is 3. The van der Waals surface area contributed by atoms with Crippen LogP contribution in [-0.4, -0.2) is 30.8 Å². The highest BCUT2D eigenvalue weighted by Crippen LogP contribution is 2.31. The highest BCUT2D eigenvalue weighted by Gasteiger charge is 2.30. The molecule has 0 saturated heterocycles. The summed E-state index contributed by atoms with van der Waals surface area (Å²) in [6, 6.07) is 3.93. The molecular weight excluding hydrogens is 415 g/mol. The van der Waals surface area contributed by atoms with Crippen LogP contribution < -0.4 is 16.8 Å². The van der Waals surface area contributed by atoms with Crippen LogP contribution in [0.3, 0.4) is 0 Å². The molecule has 13 heteroatoms. The van der Waals surface area contributed by atoms with Crippen LogP contribution in [0.25, 0.3) is 5.69 Å². The fourth-order valence-electron chi connectivity index (χ4n) is 2.35. The van der Waals surface area contributed by atoms with Crippen LogP contribution in [0, 0.1) is 4.77 Å². The summed E-state index contributed by atoms with van der Waals surface area (Å²) < 4.78 is 39.4. The molecule has 0 saturated carbocycles. The molecule has 2 heterocycles. The molecule has 3 rings (SSSR count). The van der Waals surface area contributed by atoms with E-state index in [1.54, 1.807) is 0 Å². The molecule has 29 heavy (non-hydrogen) atoms. The quantitative estimate of drug-likeness (QED) is 0.374. The van der Waals surface area contributed by atoms with E-state index in [0.29, 0.717) is 0 Å². The van der Waals surface area contributed by atoms with E-state index in [0.717, 1.165) is 35.2 Å². The molecule has 0 fully saturated rings. The molecular formula is C16H10F3N5O4S. The van der Waals surface area contributed by atoms with Gasteiger partial charge in [0.2, 0.25) is 5.88 Å². The van der Waals surface area contributed by atoms with Crippen LogP contribution in [0.2, 0.25) is 0 Å². The van der Waals surface area contributed by atoms with Gasteiger partial charge in [-0.3, -0.25) is 24.1 Å². The van der Waals surface area contributed by atoms with Gasteiger partial charge >= 0.3 is 11.9 Å². The fraction of sp³-hybridized carbons (Fsp3) is 0.0625. The number of aromatic nitrogens is 4. The first-order valence-corrected chi connectivity index (χ1v) is 8.11. The van der Waals surface area contributed by atoms with Crippen molar-refractivity contribution < 1.29 is 18.3 Å². The predicted molar refractivity (Wildman–Crippen MR) is 98.8 cm³/mol. The predicted octanol–water partition coefficient (Wildman–Crippen LogP) is 1.75. The summed E-state index contributed by atoms with van der Waals surface area (Å²) in [4.78, 5) is 44.8. The number of aliphatic imine (C=N–C) groups is 1. The lowest BCUT2D eigenvalue weighted by atomic mass is 10.2. The molecule has 0 amide bonds. The topological polar surface area (TPSA) is 136 Å². The number of nitrogens with zero attached hydrogens (tertiary/aromatic N) is 2. The lowest BCUT2D eigenvalue weighted by Gasteiger charge is -2.13. The standard InChI is InChI=1S/C16H10F3N5O4S/c17-16(18,19)7-2-1-3-8(4-7)24-13(27)9(11(25)23-15(24)29)5-20-10-6-21-14(28)22-12(10)26/h1-6,27H,(H,23,25,29)(H2,21,22,26,28). The molecule has 3 aromatic rings. The molecule has 0 aliphatic rings. The molecule has 0 unspecified atom stereocenters. The van der Waals surface area contributed by atoms with Crippen molar-refractivity contribution in [3.63, 3.8) is 0 Å². The Morgan fingerprint density at radius 2 is 1.86 bits per heavy atom. The van der Waals surface area contributed by atoms with Gasteiger partial charge in [0.1, 0.15) is 11.3 Å². The lowest BCUT2D eigenvalue weighted by molar-refractivity contribution is -0.137. The second kappa shape index (κ2) is 7.35. The summed E-state index contributed by atoms with van der Waals surface area (Å²) in [5, 5.41) is 10.4. The Bertz CT molecular complexity index is 1350. The van der Waals surface area contributed by atoms with Crippen molar-refractivity contribution >= 4 is 24.1 Å². The van der Waals surface area contributed by atoms with E-state index < -0.39 is 40.0 Å². The molecule has 150 valence electrons. The zero-order valence-electron chi connectivity index (χ0n) is 14.1. The number of H-pyrrole nitrogens is 3. The van der Waals surface area contributed by atoms with Gasteiger partial charge in [0, 0.05) is 12.4 Å². The molecule has 0 radical (unpaired) electrons. The normalized spacial score (nSPS) is 11.8. The summed E-state index contributed by atoms with van der Waals surface area (Å²) >= 11 is 4.95. The van der Waals surface area contributed by atoms with Gasteiger partial charge in [0.15, 0.2) is 4.77 Å². The molecule has 9 nitrogen and oxygen atoms in total. The van der Waals surface area contributed by atoms with E-state index in [2.05, 4.69) is 15.0 Å². The van der Waals surface area contributed by atoms with Crippen LogP contribution in [-0.2, 0) is 6.18 Å². The molecule has 0 atom stereocenters. The Morgan fingerprint density at radius 1 is 1.14 bits per heavy atom. The van der Waals surface area contributed by atoms with Crippen molar-refractivity contribution in [3.8, 4) is 11.6 Å². The number of alkyl halides is 3. The average Bonchev–Trinajstić information content (AvgIpc) is 2.62. The SMILES string of the molecule is O=c1[nH]cc(N=Cc2c(O)n(-c3cccc(C(F)(F)F)c3)c(=S)[nH]c2=O)c(=O)[nH]1. The second-order valence-electron chi connectivity index (χ2n) is 5.60. The maximum atomic E-state index is 13.0. The maximum absolute atomic E-state index is 13.0. The minimum Gasteiger partial charge on any atom is -0.494 e. The Balaban J connectivity index is 2.16. The van der Waals surface area contributed by atoms with Gasteiger partial charge in [-0.1, -0.05) is 6.07 Å². The maximum Gasteiger partial charge on any atom is 0.416 e. The summed E-state index contributed by atoms with van der Waals surface area (Å²) in [6.07, 6.45) is -2.84. The summed E-state index contributed by atoms with van der Waals surface area (Å²) in [5.74, 6) is -0.789. The Kier molecular flexibility index (Phi) is 5.07. The minimum atomic E-state index is -4.63. The average molecular weight is 425 g/mol. The minimum absolute atomic E-state index is 0.157. The van der Waals surface area contributed by atoms with E-state index in [4.69, 9.17) is 12.2 Å². The number of rotatable bonds is 3. The number of aromatic hydroxyl groups is 1. The summed E-state index contributed by atoms with van der Waals surface area (Å²) in [5.41, 5.74) is -4.41. The zero-order valence-corrected chi connectivity index (χ0v) is 14.9. The number of hydrogen-bond donors (Lipinski definition) is 4. The number of nitrogens with one attached hydrogen (secondary N) is 3. The molecule has 4 N–H and O–H groups in total. The highest BCUT2D eigenvalue weighted by atomic mass is 32.1. The largest absolute Gasteiger partial charge is 0.494 e. The monoisotopic (exact) mass is 425 g/mol. The van der Waals surface area contributed by atoms with Crippen LogP contribution in [0.4, 0.5) is 18.9 Å². The molecule has 0 aliphatic heterocycles. The van der Waals surface area contributed by atoms with E-state index in [9.17, 15) is 32.7 Å². The van der Waals surface area contributed by atoms with Crippen molar-refractivity contribution in [2.24, 2.45) is 4.99 Å². The Morgan fingerprint density at radius 3 is 2.52 bits per heavy atom. The first kappa shape index (κ1) is 20.0. The lowest BCUT2D eigenvalue weighted by Crippen LogP contribution is -2.21. The third-order valence-corrected chi connectivity index (χ3v) is 3.97. The second-order valence-corrected chi connectivity index (χ2v) is 5.98. The third kappa shape index (κ3) is 4.08. The van der Waals surface area contributed by atoms with Gasteiger partial charge in [0.05, 0.1) is 11.3 Å². The molecule has 0 aliphatic carbocycles. The zero-order chi connectivity index (χ0) is 21.3. The highest BCUT2D eigenvalue weighted by molar-refractivity contribution is 7.71. The fourth-order valence-corrected chi connectivity index (χ4v) is 2.63. The summed E-state index contributed by atoms with van der Waals surface area (Å²) in [6.45, 7) is 0. The smallest absolute Gasteiger partial charge is 0.416 e. The van der Waals surface area contributed by atoms with Gasteiger partial charge < -0.3 is 10.1 Å². The Labute approximate surface area is 162 Å². The first-order chi connectivity index (χ1) is 13.6. The molecule has 1 aromatic carbocycles. The van der Waals surface area contributed by atoms with E-state index in [-0.39, 0.29) is 16.1 Å². The van der Waals surface area contributed by atoms with E-state index in [1.165, 1.54) is 6.07 Å². The van der Waals surface area contributed by atoms with Gasteiger partial charge in [-0.2, -0.15) is 13.2 Å². The van der Waals surface area contributed by atoms with Crippen molar-refractivity contribution in [3.05, 3.63) is 77.6 Å². The third-order valence-electron chi connectivity index (χ3n) is 3.68. The van der Waals surface area contributed by atoms with E-state index in [1.807, 2.05) is 4.98 Å². The van der Waals surface area contributed by atoms with Crippen LogP contribution in [0.5, 0.6) is 5.88 Å². The van der Waals surface area contributed by atoms with Crippen molar-refractivity contribution in [1.29, 1.82) is 0 Å². The van der Waals surface area contributed by atoms with Crippen molar-refractivity contribution in [2.75, 3.05) is 0 Å². The first-order valence-electron chi connectivity index (χ1n) is 7.70. The number of aromatic amines is 3.